The van der Waals surface area contributed by atoms with Crippen LogP contribution in [0, 0.1) is 0 Å². The molecule has 0 saturated carbocycles. The monoisotopic (exact) mass is 212 g/mol. The Bertz CT molecular complexity index is 295. The van der Waals surface area contributed by atoms with Crippen LogP contribution in [0.25, 0.3) is 6.08 Å². The predicted molar refractivity (Wildman–Crippen MR) is 58.9 cm³/mol. The number of aromatic hydroxyl groups is 1. The molecule has 4 nitrogen and oxygen atoms in total. The highest BCUT2D eigenvalue weighted by Crippen LogP contribution is 2.26. The number of methoxy groups -OCH3 is 1. The molecule has 0 fully saturated rings. The Morgan fingerprint density at radius 2 is 1.93 bits per heavy atom. The Morgan fingerprint density at radius 3 is 2.33 bits per heavy atom. The van der Waals surface area contributed by atoms with Crippen LogP contribution in [0.5, 0.6) is 11.5 Å². The lowest BCUT2D eigenvalue weighted by atomic mass is 10.2. The summed E-state index contributed by atoms with van der Waals surface area (Å²) in [4.78, 5) is 0. The summed E-state index contributed by atoms with van der Waals surface area (Å²) in [6, 6.07) is 5.07. The Morgan fingerprint density at radius 1 is 1.33 bits per heavy atom. The Labute approximate surface area is 89.1 Å². The van der Waals surface area contributed by atoms with Crippen LogP contribution in [0.3, 0.4) is 0 Å². The van der Waals surface area contributed by atoms with Crippen molar-refractivity contribution in [3.8, 4) is 11.5 Å². The molecule has 0 atom stereocenters. The zero-order valence-corrected chi connectivity index (χ0v) is 8.68. The lowest BCUT2D eigenvalue weighted by Gasteiger charge is -2.02. The summed E-state index contributed by atoms with van der Waals surface area (Å²) in [5.74, 6) is 0.625. The van der Waals surface area contributed by atoms with Gasteiger partial charge >= 0.3 is 0 Å². The van der Waals surface area contributed by atoms with Crippen LogP contribution >= 0.6 is 0 Å². The molecule has 15 heavy (non-hydrogen) atoms. The summed E-state index contributed by atoms with van der Waals surface area (Å²) in [5, 5.41) is 24.4. The van der Waals surface area contributed by atoms with Crippen molar-refractivity contribution in [2.45, 2.75) is 0 Å². The molecular formula is C11H16O4. The van der Waals surface area contributed by atoms with Gasteiger partial charge in [-0.3, -0.25) is 0 Å². The van der Waals surface area contributed by atoms with Gasteiger partial charge in [0.1, 0.15) is 0 Å². The van der Waals surface area contributed by atoms with Gasteiger partial charge in [0.2, 0.25) is 0 Å². The standard InChI is InChI=1S/C9H10O2.C2H6O2/c1-3-7-4-5-8(10)9(6-7)11-2;3-1-2-4/h3-6,10H,1H2,2H3;3-4H,1-2H2. The van der Waals surface area contributed by atoms with Crippen LogP contribution in [-0.2, 0) is 0 Å². The van der Waals surface area contributed by atoms with Crippen molar-refractivity contribution in [1.29, 1.82) is 0 Å². The molecule has 4 heteroatoms. The lowest BCUT2D eigenvalue weighted by molar-refractivity contribution is 0.186. The van der Waals surface area contributed by atoms with Gasteiger partial charge in [-0.25, -0.2) is 0 Å². The zero-order chi connectivity index (χ0) is 11.7. The molecule has 0 heterocycles. The van der Waals surface area contributed by atoms with Crippen molar-refractivity contribution in [2.24, 2.45) is 0 Å². The van der Waals surface area contributed by atoms with Crippen LogP contribution in [0.2, 0.25) is 0 Å². The number of rotatable bonds is 3. The molecule has 0 saturated heterocycles. The summed E-state index contributed by atoms with van der Waals surface area (Å²) in [7, 11) is 1.52. The highest BCUT2D eigenvalue weighted by atomic mass is 16.5. The fraction of sp³-hybridized carbons (Fsp3) is 0.273. The second-order valence-corrected chi connectivity index (χ2v) is 2.58. The average molecular weight is 212 g/mol. The lowest BCUT2D eigenvalue weighted by Crippen LogP contribution is -1.85. The first kappa shape index (κ1) is 13.5. The normalized spacial score (nSPS) is 8.73. The summed E-state index contributed by atoms with van der Waals surface area (Å²) in [6.45, 7) is 3.35. The van der Waals surface area contributed by atoms with Gasteiger partial charge in [-0.2, -0.15) is 0 Å². The zero-order valence-electron chi connectivity index (χ0n) is 8.68. The van der Waals surface area contributed by atoms with Crippen molar-refractivity contribution in [3.63, 3.8) is 0 Å². The number of aliphatic hydroxyl groups excluding tert-OH is 2. The van der Waals surface area contributed by atoms with Crippen molar-refractivity contribution in [2.75, 3.05) is 20.3 Å². The number of phenolic OH excluding ortho intramolecular Hbond substituents is 1. The SMILES string of the molecule is C=Cc1ccc(O)c(OC)c1.OCCO. The fourth-order valence-corrected chi connectivity index (χ4v) is 0.821. The van der Waals surface area contributed by atoms with E-state index in [4.69, 9.17) is 14.9 Å². The van der Waals surface area contributed by atoms with Crippen LogP contribution in [-0.4, -0.2) is 35.6 Å². The van der Waals surface area contributed by atoms with Crippen molar-refractivity contribution in [1.82, 2.24) is 0 Å². The quantitative estimate of drug-likeness (QED) is 0.699. The summed E-state index contributed by atoms with van der Waals surface area (Å²) in [5.41, 5.74) is 0.930. The predicted octanol–water partition coefficient (Wildman–Crippen LogP) is 1.01. The molecule has 1 rings (SSSR count). The van der Waals surface area contributed by atoms with Crippen LogP contribution < -0.4 is 4.74 Å². The molecule has 0 radical (unpaired) electrons. The first-order valence-corrected chi connectivity index (χ1v) is 4.40. The Kier molecular flexibility index (Phi) is 7.05. The largest absolute Gasteiger partial charge is 0.504 e. The van der Waals surface area contributed by atoms with E-state index >= 15 is 0 Å². The number of phenols is 1. The third-order valence-corrected chi connectivity index (χ3v) is 1.54. The first-order valence-electron chi connectivity index (χ1n) is 4.40. The maximum atomic E-state index is 9.17. The molecule has 0 aliphatic carbocycles. The van der Waals surface area contributed by atoms with E-state index < -0.39 is 0 Å². The molecule has 84 valence electrons. The average Bonchev–Trinajstić information content (AvgIpc) is 2.30. The highest BCUT2D eigenvalue weighted by Gasteiger charge is 1.98. The molecule has 1 aromatic carbocycles. The molecule has 0 unspecified atom stereocenters. The van der Waals surface area contributed by atoms with E-state index in [2.05, 4.69) is 6.58 Å². The van der Waals surface area contributed by atoms with Gasteiger partial charge in [-0.1, -0.05) is 18.7 Å². The van der Waals surface area contributed by atoms with E-state index in [1.54, 1.807) is 24.3 Å². The van der Waals surface area contributed by atoms with Crippen molar-refractivity contribution < 1.29 is 20.1 Å². The first-order chi connectivity index (χ1) is 7.19. The van der Waals surface area contributed by atoms with Crippen LogP contribution in [0.1, 0.15) is 5.56 Å². The number of hydrogen-bond donors (Lipinski definition) is 3. The van der Waals surface area contributed by atoms with E-state index in [1.807, 2.05) is 0 Å². The maximum Gasteiger partial charge on any atom is 0.161 e. The van der Waals surface area contributed by atoms with E-state index in [0.717, 1.165) is 5.56 Å². The maximum absolute atomic E-state index is 9.17. The van der Waals surface area contributed by atoms with Crippen LogP contribution in [0.4, 0.5) is 0 Å². The Balaban J connectivity index is 0.000000423. The molecular weight excluding hydrogens is 196 g/mol. The second kappa shape index (κ2) is 7.84. The van der Waals surface area contributed by atoms with Crippen molar-refractivity contribution >= 4 is 6.08 Å². The minimum absolute atomic E-state index is 0.125. The van der Waals surface area contributed by atoms with Crippen molar-refractivity contribution in [3.05, 3.63) is 30.3 Å². The van der Waals surface area contributed by atoms with E-state index in [-0.39, 0.29) is 19.0 Å². The third-order valence-electron chi connectivity index (χ3n) is 1.54. The molecule has 1 aromatic rings. The third kappa shape index (κ3) is 5.05. The van der Waals surface area contributed by atoms with Gasteiger partial charge in [-0.05, 0) is 17.7 Å². The molecule has 0 spiro atoms. The van der Waals surface area contributed by atoms with E-state index in [1.165, 1.54) is 7.11 Å². The summed E-state index contributed by atoms with van der Waals surface area (Å²) < 4.78 is 4.89. The number of aliphatic hydroxyl groups is 2. The van der Waals surface area contributed by atoms with Gasteiger partial charge < -0.3 is 20.1 Å². The van der Waals surface area contributed by atoms with Gasteiger partial charge in [0, 0.05) is 0 Å². The molecule has 0 amide bonds. The minimum atomic E-state index is -0.125. The fourth-order valence-electron chi connectivity index (χ4n) is 0.821. The molecule has 0 aliphatic rings. The van der Waals surface area contributed by atoms with Gasteiger partial charge in [0.15, 0.2) is 11.5 Å². The second-order valence-electron chi connectivity index (χ2n) is 2.58. The van der Waals surface area contributed by atoms with Crippen LogP contribution in [0.15, 0.2) is 24.8 Å². The summed E-state index contributed by atoms with van der Waals surface area (Å²) in [6.07, 6.45) is 1.70. The number of hydrogen-bond acceptors (Lipinski definition) is 4. The van der Waals surface area contributed by atoms with E-state index in [0.29, 0.717) is 5.75 Å². The number of benzene rings is 1. The summed E-state index contributed by atoms with van der Waals surface area (Å²) >= 11 is 0. The topological polar surface area (TPSA) is 69.9 Å². The Hall–Kier alpha value is -1.52. The minimum Gasteiger partial charge on any atom is -0.504 e. The smallest absolute Gasteiger partial charge is 0.161 e. The highest BCUT2D eigenvalue weighted by molar-refractivity contribution is 5.53. The molecule has 0 aromatic heterocycles. The molecule has 0 aliphatic heterocycles. The van der Waals surface area contributed by atoms with E-state index in [9.17, 15) is 5.11 Å². The molecule has 0 bridgehead atoms. The number of ether oxygens (including phenoxy) is 1. The molecule has 3 N–H and O–H groups in total. The van der Waals surface area contributed by atoms with Gasteiger partial charge in [0.25, 0.3) is 0 Å². The van der Waals surface area contributed by atoms with Gasteiger partial charge in [0.05, 0.1) is 20.3 Å². The van der Waals surface area contributed by atoms with Gasteiger partial charge in [-0.15, -0.1) is 0 Å².